The van der Waals surface area contributed by atoms with Crippen LogP contribution in [0.3, 0.4) is 0 Å². The molecule has 0 spiro atoms. The third-order valence-corrected chi connectivity index (χ3v) is 2.22. The average molecular weight is 247 g/mol. The monoisotopic (exact) mass is 247 g/mol. The summed E-state index contributed by atoms with van der Waals surface area (Å²) in [6.07, 6.45) is -3.61. The molecule has 0 fully saturated rings. The molecule has 1 aromatic rings. The highest BCUT2D eigenvalue weighted by Gasteiger charge is 2.31. The molecule has 0 aromatic heterocycles. The van der Waals surface area contributed by atoms with Gasteiger partial charge in [0.25, 0.3) is 0 Å². The molecule has 0 amide bonds. The molecule has 17 heavy (non-hydrogen) atoms. The summed E-state index contributed by atoms with van der Waals surface area (Å²) in [4.78, 5) is 0. The summed E-state index contributed by atoms with van der Waals surface area (Å²) in [5.41, 5.74) is 4.68. The Morgan fingerprint density at radius 1 is 1.24 bits per heavy atom. The highest BCUT2D eigenvalue weighted by molar-refractivity contribution is 5.48. The highest BCUT2D eigenvalue weighted by Crippen LogP contribution is 2.33. The van der Waals surface area contributed by atoms with Crippen LogP contribution in [0, 0.1) is 5.92 Å². The fourth-order valence-electron chi connectivity index (χ4n) is 1.28. The van der Waals surface area contributed by atoms with Crippen LogP contribution in [-0.4, -0.2) is 6.61 Å². The van der Waals surface area contributed by atoms with E-state index in [0.29, 0.717) is 12.5 Å². The van der Waals surface area contributed by atoms with Gasteiger partial charge in [0.15, 0.2) is 0 Å². The van der Waals surface area contributed by atoms with Crippen molar-refractivity contribution in [1.82, 2.24) is 0 Å². The van der Waals surface area contributed by atoms with Crippen LogP contribution in [0.25, 0.3) is 0 Å². The summed E-state index contributed by atoms with van der Waals surface area (Å²) in [7, 11) is 0. The van der Waals surface area contributed by atoms with Crippen molar-refractivity contribution in [2.45, 2.75) is 26.4 Å². The number of nitrogens with two attached hydrogens (primary N) is 1. The first-order valence-corrected chi connectivity index (χ1v) is 5.39. The topological polar surface area (TPSA) is 35.2 Å². The number of hydrogen-bond donors (Lipinski definition) is 1. The molecule has 1 rings (SSSR count). The Balaban J connectivity index is 2.76. The second kappa shape index (κ2) is 5.29. The summed E-state index contributed by atoms with van der Waals surface area (Å²) in [5.74, 6) is 0.608. The minimum absolute atomic E-state index is 0.0550. The first-order chi connectivity index (χ1) is 7.79. The van der Waals surface area contributed by atoms with Gasteiger partial charge < -0.3 is 10.5 Å². The average Bonchev–Trinajstić information content (AvgIpc) is 2.14. The number of hydrogen-bond acceptors (Lipinski definition) is 2. The lowest BCUT2D eigenvalue weighted by molar-refractivity contribution is -0.137. The van der Waals surface area contributed by atoms with E-state index in [9.17, 15) is 13.2 Å². The summed E-state index contributed by atoms with van der Waals surface area (Å²) in [6, 6.07) is 3.27. The van der Waals surface area contributed by atoms with Crippen molar-refractivity contribution in [3.05, 3.63) is 23.8 Å². The third kappa shape index (κ3) is 4.54. The Morgan fingerprint density at radius 2 is 1.88 bits per heavy atom. The van der Waals surface area contributed by atoms with Crippen molar-refractivity contribution in [2.24, 2.45) is 5.92 Å². The van der Waals surface area contributed by atoms with E-state index in [1.54, 1.807) is 0 Å². The SMILES string of the molecule is CC(C)CCOc1cc(N)cc(C(F)(F)F)c1. The van der Waals surface area contributed by atoms with E-state index >= 15 is 0 Å². The van der Waals surface area contributed by atoms with Crippen molar-refractivity contribution in [3.63, 3.8) is 0 Å². The number of anilines is 1. The van der Waals surface area contributed by atoms with Gasteiger partial charge in [-0.05, 0) is 24.5 Å². The Bertz CT molecular complexity index is 375. The molecule has 0 atom stereocenters. The Hall–Kier alpha value is -1.39. The van der Waals surface area contributed by atoms with Gasteiger partial charge >= 0.3 is 6.18 Å². The minimum Gasteiger partial charge on any atom is -0.493 e. The number of halogens is 3. The first kappa shape index (κ1) is 13.7. The summed E-state index contributed by atoms with van der Waals surface area (Å²) in [5, 5.41) is 0. The van der Waals surface area contributed by atoms with E-state index in [4.69, 9.17) is 10.5 Å². The second-order valence-electron chi connectivity index (χ2n) is 4.32. The van der Waals surface area contributed by atoms with E-state index in [0.717, 1.165) is 18.6 Å². The number of rotatable bonds is 4. The zero-order valence-electron chi connectivity index (χ0n) is 9.84. The molecule has 0 unspecified atom stereocenters. The summed E-state index contributed by atoms with van der Waals surface area (Å²) in [6.45, 7) is 4.42. The quantitative estimate of drug-likeness (QED) is 0.823. The molecule has 5 heteroatoms. The van der Waals surface area contributed by atoms with Crippen LogP contribution in [0.15, 0.2) is 18.2 Å². The standard InChI is InChI=1S/C12H16F3NO/c1-8(2)3-4-17-11-6-9(12(13,14)15)5-10(16)7-11/h5-8H,3-4,16H2,1-2H3. The predicted molar refractivity (Wildman–Crippen MR) is 60.8 cm³/mol. The maximum absolute atomic E-state index is 12.5. The van der Waals surface area contributed by atoms with Gasteiger partial charge in [0, 0.05) is 11.8 Å². The molecular weight excluding hydrogens is 231 g/mol. The van der Waals surface area contributed by atoms with E-state index in [-0.39, 0.29) is 11.4 Å². The molecule has 96 valence electrons. The van der Waals surface area contributed by atoms with E-state index < -0.39 is 11.7 Å². The molecule has 2 N–H and O–H groups in total. The molecular formula is C12H16F3NO. The second-order valence-corrected chi connectivity index (χ2v) is 4.32. The zero-order valence-corrected chi connectivity index (χ0v) is 9.84. The van der Waals surface area contributed by atoms with Gasteiger partial charge in [-0.15, -0.1) is 0 Å². The molecule has 2 nitrogen and oxygen atoms in total. The fourth-order valence-corrected chi connectivity index (χ4v) is 1.28. The largest absolute Gasteiger partial charge is 0.493 e. The van der Waals surface area contributed by atoms with Gasteiger partial charge in [0.1, 0.15) is 5.75 Å². The van der Waals surface area contributed by atoms with Crippen LogP contribution in [-0.2, 0) is 6.18 Å². The van der Waals surface area contributed by atoms with Crippen LogP contribution < -0.4 is 10.5 Å². The maximum Gasteiger partial charge on any atom is 0.416 e. The van der Waals surface area contributed by atoms with Crippen molar-refractivity contribution < 1.29 is 17.9 Å². The van der Waals surface area contributed by atoms with E-state index in [1.165, 1.54) is 6.07 Å². The van der Waals surface area contributed by atoms with Gasteiger partial charge in [-0.25, -0.2) is 0 Å². The Labute approximate surface area is 98.6 Å². The van der Waals surface area contributed by atoms with Crippen molar-refractivity contribution in [2.75, 3.05) is 12.3 Å². The van der Waals surface area contributed by atoms with E-state index in [2.05, 4.69) is 0 Å². The van der Waals surface area contributed by atoms with Gasteiger partial charge in [0.05, 0.1) is 12.2 Å². The summed E-state index contributed by atoms with van der Waals surface area (Å²) >= 11 is 0. The smallest absolute Gasteiger partial charge is 0.416 e. The Kier molecular flexibility index (Phi) is 4.26. The molecule has 0 heterocycles. The van der Waals surface area contributed by atoms with Crippen LogP contribution in [0.4, 0.5) is 18.9 Å². The number of alkyl halides is 3. The zero-order chi connectivity index (χ0) is 13.1. The van der Waals surface area contributed by atoms with Gasteiger partial charge in [-0.1, -0.05) is 13.8 Å². The molecule has 0 aliphatic rings. The van der Waals surface area contributed by atoms with Gasteiger partial charge in [-0.3, -0.25) is 0 Å². The normalized spacial score (nSPS) is 11.9. The summed E-state index contributed by atoms with van der Waals surface area (Å²) < 4.78 is 42.7. The minimum atomic E-state index is -4.40. The van der Waals surface area contributed by atoms with Crippen molar-refractivity contribution in [3.8, 4) is 5.75 Å². The molecule has 0 aliphatic heterocycles. The van der Waals surface area contributed by atoms with Crippen LogP contribution in [0.5, 0.6) is 5.75 Å². The molecule has 0 saturated carbocycles. The van der Waals surface area contributed by atoms with Crippen LogP contribution in [0.1, 0.15) is 25.8 Å². The number of nitrogen functional groups attached to an aromatic ring is 1. The molecule has 1 aromatic carbocycles. The predicted octanol–water partition coefficient (Wildman–Crippen LogP) is 3.71. The third-order valence-electron chi connectivity index (χ3n) is 2.22. The molecule has 0 aliphatic carbocycles. The highest BCUT2D eigenvalue weighted by atomic mass is 19.4. The molecule has 0 saturated heterocycles. The van der Waals surface area contributed by atoms with Crippen LogP contribution >= 0.6 is 0 Å². The fraction of sp³-hybridized carbons (Fsp3) is 0.500. The van der Waals surface area contributed by atoms with Crippen LogP contribution in [0.2, 0.25) is 0 Å². The number of benzene rings is 1. The molecule has 0 bridgehead atoms. The number of ether oxygens (including phenoxy) is 1. The first-order valence-electron chi connectivity index (χ1n) is 5.39. The van der Waals surface area contributed by atoms with Gasteiger partial charge in [0.2, 0.25) is 0 Å². The van der Waals surface area contributed by atoms with Crippen molar-refractivity contribution in [1.29, 1.82) is 0 Å². The lowest BCUT2D eigenvalue weighted by atomic mass is 10.1. The Morgan fingerprint density at radius 3 is 2.41 bits per heavy atom. The lowest BCUT2D eigenvalue weighted by Gasteiger charge is -2.12. The van der Waals surface area contributed by atoms with Crippen molar-refractivity contribution >= 4 is 5.69 Å². The lowest BCUT2D eigenvalue weighted by Crippen LogP contribution is -2.07. The van der Waals surface area contributed by atoms with E-state index in [1.807, 2.05) is 13.8 Å². The van der Waals surface area contributed by atoms with Gasteiger partial charge in [-0.2, -0.15) is 13.2 Å². The maximum atomic E-state index is 12.5. The molecule has 0 radical (unpaired) electrons.